The summed E-state index contributed by atoms with van der Waals surface area (Å²) in [5, 5.41) is 12.0. The maximum Gasteiger partial charge on any atom is 0.135 e. The number of hydrogen-bond acceptors (Lipinski definition) is 6. The molecule has 6 heterocycles. The fourth-order valence-electron chi connectivity index (χ4n) is 4.11. The Morgan fingerprint density at radius 2 is 1.83 bits per heavy atom. The van der Waals surface area contributed by atoms with Gasteiger partial charge in [0, 0.05) is 40.8 Å². The molecule has 0 aliphatic rings. The number of nitrogens with zero attached hydrogens (tertiary/aromatic N) is 5. The number of rotatable bonds is 6. The van der Waals surface area contributed by atoms with Crippen molar-refractivity contribution in [2.45, 2.75) is 13.8 Å². The van der Waals surface area contributed by atoms with Crippen LogP contribution in [0.25, 0.3) is 56.0 Å². The lowest BCUT2D eigenvalue weighted by atomic mass is 10.1. The lowest BCUT2D eigenvalue weighted by molar-refractivity contribution is 0.778. The van der Waals surface area contributed by atoms with Crippen LogP contribution in [0.2, 0.25) is 0 Å². The van der Waals surface area contributed by atoms with E-state index in [0.717, 1.165) is 67.4 Å². The Labute approximate surface area is 207 Å². The number of nitrogens with one attached hydrogen (secondary N) is 3. The Balaban J connectivity index is 1.41. The first-order chi connectivity index (χ1) is 17.6. The van der Waals surface area contributed by atoms with Crippen molar-refractivity contribution >= 4 is 27.6 Å². The monoisotopic (exact) mass is 472 g/mol. The molecule has 0 fully saturated rings. The minimum absolute atomic E-state index is 0.321. The van der Waals surface area contributed by atoms with Crippen LogP contribution in [0.5, 0.6) is 0 Å². The van der Waals surface area contributed by atoms with E-state index in [1.807, 2.05) is 48.7 Å². The molecule has 6 rings (SSSR count). The van der Waals surface area contributed by atoms with Gasteiger partial charge in [-0.1, -0.05) is 26.5 Å². The number of pyridine rings is 4. The topological polar surface area (TPSA) is 108 Å². The average Bonchev–Trinajstić information content (AvgIpc) is 3.53. The molecule has 0 aliphatic heterocycles. The van der Waals surface area contributed by atoms with Crippen molar-refractivity contribution in [3.05, 3.63) is 85.6 Å². The first-order valence-corrected chi connectivity index (χ1v) is 11.7. The first kappa shape index (κ1) is 21.7. The van der Waals surface area contributed by atoms with Gasteiger partial charge in [0.15, 0.2) is 0 Å². The van der Waals surface area contributed by atoms with Crippen molar-refractivity contribution in [1.29, 1.82) is 0 Å². The van der Waals surface area contributed by atoms with Gasteiger partial charge in [0.05, 0.1) is 40.2 Å². The van der Waals surface area contributed by atoms with E-state index >= 15 is 0 Å². The van der Waals surface area contributed by atoms with Crippen molar-refractivity contribution in [3.8, 4) is 34.0 Å². The molecule has 0 saturated carbocycles. The highest BCUT2D eigenvalue weighted by molar-refractivity contribution is 5.98. The van der Waals surface area contributed by atoms with E-state index < -0.39 is 0 Å². The normalized spacial score (nSPS) is 11.4. The molecule has 0 amide bonds. The Kier molecular flexibility index (Phi) is 5.26. The van der Waals surface area contributed by atoms with Crippen molar-refractivity contribution in [2.24, 2.45) is 5.92 Å². The summed E-state index contributed by atoms with van der Waals surface area (Å²) in [6.07, 6.45) is 7.16. The molecule has 0 aliphatic carbocycles. The summed E-state index contributed by atoms with van der Waals surface area (Å²) in [6.45, 7) is 8.29. The molecule has 0 atom stereocenters. The van der Waals surface area contributed by atoms with Gasteiger partial charge in [-0.15, -0.1) is 0 Å². The number of aromatic nitrogens is 7. The number of allylic oxidation sites excluding steroid dienone is 1. The highest BCUT2D eigenvalue weighted by atomic mass is 15.1. The number of fused-ring (bicyclic) bond motifs is 2. The quantitative estimate of drug-likeness (QED) is 0.266. The Bertz CT molecular complexity index is 1710. The fraction of sp³-hybridized carbons (Fsp3) is 0.107. The van der Waals surface area contributed by atoms with Gasteiger partial charge >= 0.3 is 0 Å². The van der Waals surface area contributed by atoms with Gasteiger partial charge in [0.25, 0.3) is 0 Å². The lowest BCUT2D eigenvalue weighted by Gasteiger charge is -2.13. The van der Waals surface area contributed by atoms with Crippen LogP contribution in [-0.2, 0) is 0 Å². The zero-order valence-electron chi connectivity index (χ0n) is 19.9. The summed E-state index contributed by atoms with van der Waals surface area (Å²) < 4.78 is 0. The van der Waals surface area contributed by atoms with Gasteiger partial charge in [-0.05, 0) is 48.4 Å². The Morgan fingerprint density at radius 1 is 0.917 bits per heavy atom. The molecule has 0 radical (unpaired) electrons. The molecule has 176 valence electrons. The molecule has 8 heteroatoms. The van der Waals surface area contributed by atoms with Crippen LogP contribution in [0, 0.1) is 5.92 Å². The predicted octanol–water partition coefficient (Wildman–Crippen LogP) is 6.21. The molecule has 6 aromatic heterocycles. The largest absolute Gasteiger partial charge is 0.358 e. The third-order valence-electron chi connectivity index (χ3n) is 6.15. The Morgan fingerprint density at radius 3 is 2.67 bits per heavy atom. The second-order valence-electron chi connectivity index (χ2n) is 8.95. The number of H-pyrrole nitrogens is 2. The maximum absolute atomic E-state index is 4.96. The molecule has 3 N–H and O–H groups in total. The molecule has 8 nitrogen and oxygen atoms in total. The van der Waals surface area contributed by atoms with Crippen LogP contribution in [0.3, 0.4) is 0 Å². The van der Waals surface area contributed by atoms with Gasteiger partial charge in [-0.3, -0.25) is 20.1 Å². The smallest absolute Gasteiger partial charge is 0.135 e. The van der Waals surface area contributed by atoms with Crippen molar-refractivity contribution in [3.63, 3.8) is 0 Å². The summed E-state index contributed by atoms with van der Waals surface area (Å²) >= 11 is 0. The van der Waals surface area contributed by atoms with Gasteiger partial charge < -0.3 is 10.3 Å². The van der Waals surface area contributed by atoms with E-state index in [4.69, 9.17) is 4.98 Å². The van der Waals surface area contributed by atoms with Crippen LogP contribution >= 0.6 is 0 Å². The molecular weight excluding hydrogens is 448 g/mol. The van der Waals surface area contributed by atoms with Crippen molar-refractivity contribution in [2.75, 3.05) is 5.32 Å². The third kappa shape index (κ3) is 3.88. The number of hydrogen-bond donors (Lipinski definition) is 3. The molecule has 6 aromatic rings. The maximum atomic E-state index is 4.96. The van der Waals surface area contributed by atoms with Gasteiger partial charge in [0.2, 0.25) is 0 Å². The average molecular weight is 473 g/mol. The third-order valence-corrected chi connectivity index (χ3v) is 6.15. The van der Waals surface area contributed by atoms with E-state index in [2.05, 4.69) is 61.9 Å². The number of aromatic amines is 2. The second kappa shape index (κ2) is 8.74. The molecule has 0 spiro atoms. The summed E-state index contributed by atoms with van der Waals surface area (Å²) in [6, 6.07) is 15.8. The highest BCUT2D eigenvalue weighted by Gasteiger charge is 2.16. The van der Waals surface area contributed by atoms with Crippen LogP contribution in [-0.4, -0.2) is 35.1 Å². The van der Waals surface area contributed by atoms with Gasteiger partial charge in [-0.25, -0.2) is 4.98 Å². The molecule has 36 heavy (non-hydrogen) atoms. The SMILES string of the molecule is C=C(Nc1cncc(-c2ccc3[nH]nc(-c4cc5c(-c6ccccn6)nccc5[nH]4)c3n2)c1)C(C)C. The van der Waals surface area contributed by atoms with E-state index in [-0.39, 0.29) is 0 Å². The molecule has 0 aromatic carbocycles. The fourth-order valence-corrected chi connectivity index (χ4v) is 4.11. The van der Waals surface area contributed by atoms with E-state index in [1.54, 1.807) is 18.6 Å². The van der Waals surface area contributed by atoms with Gasteiger partial charge in [-0.2, -0.15) is 5.10 Å². The zero-order valence-corrected chi connectivity index (χ0v) is 19.9. The molecule has 0 unspecified atom stereocenters. The van der Waals surface area contributed by atoms with Gasteiger partial charge in [0.1, 0.15) is 11.2 Å². The number of anilines is 1. The Hall–Kier alpha value is -4.85. The minimum atomic E-state index is 0.321. The van der Waals surface area contributed by atoms with Crippen molar-refractivity contribution in [1.82, 2.24) is 35.1 Å². The van der Waals surface area contributed by atoms with Crippen molar-refractivity contribution < 1.29 is 0 Å². The molecule has 0 saturated heterocycles. The van der Waals surface area contributed by atoms with Crippen LogP contribution in [0.15, 0.2) is 85.6 Å². The molecular formula is C28H24N8. The van der Waals surface area contributed by atoms with E-state index in [9.17, 15) is 0 Å². The van der Waals surface area contributed by atoms with E-state index in [1.165, 1.54) is 0 Å². The second-order valence-corrected chi connectivity index (χ2v) is 8.95. The summed E-state index contributed by atoms with van der Waals surface area (Å²) in [7, 11) is 0. The highest BCUT2D eigenvalue weighted by Crippen LogP contribution is 2.32. The predicted molar refractivity (Wildman–Crippen MR) is 143 cm³/mol. The first-order valence-electron chi connectivity index (χ1n) is 11.7. The lowest BCUT2D eigenvalue weighted by Crippen LogP contribution is -2.04. The van der Waals surface area contributed by atoms with Crippen LogP contribution in [0.1, 0.15) is 13.8 Å². The standard InChI is InChI=1S/C28H24N8/c1-16(2)17(3)32-19-12-18(14-29-15-19)21-7-8-24-27(34-21)28(36-35-24)25-13-20-22(33-25)9-11-31-26(20)23-6-4-5-10-30-23/h4-16,32-33H,3H2,1-2H3,(H,35,36). The summed E-state index contributed by atoms with van der Waals surface area (Å²) in [4.78, 5) is 21.9. The minimum Gasteiger partial charge on any atom is -0.358 e. The summed E-state index contributed by atoms with van der Waals surface area (Å²) in [5.74, 6) is 0.321. The van der Waals surface area contributed by atoms with E-state index in [0.29, 0.717) is 5.92 Å². The summed E-state index contributed by atoms with van der Waals surface area (Å²) in [5.41, 5.74) is 9.36. The molecule has 0 bridgehead atoms. The van der Waals surface area contributed by atoms with Crippen LogP contribution in [0.4, 0.5) is 5.69 Å². The zero-order chi connectivity index (χ0) is 24.6. The van der Waals surface area contributed by atoms with Crippen LogP contribution < -0.4 is 5.32 Å².